The molecule has 2 atom stereocenters. The summed E-state index contributed by atoms with van der Waals surface area (Å²) in [5.74, 6) is -1.50. The summed E-state index contributed by atoms with van der Waals surface area (Å²) < 4.78 is 0. The molecule has 5 nitrogen and oxygen atoms in total. The molecule has 0 aliphatic carbocycles. The molecule has 0 aromatic heterocycles. The number of aliphatic carboxylic acids is 1. The molecule has 0 radical (unpaired) electrons. The van der Waals surface area contributed by atoms with Crippen molar-refractivity contribution in [3.05, 3.63) is 34.9 Å². The molecule has 0 fully saturated rings. The number of Topliss-reactive ketones (excluding diaryl/α,β-unsaturated/α-hetero) is 1. The van der Waals surface area contributed by atoms with E-state index < -0.39 is 12.0 Å². The predicted octanol–water partition coefficient (Wildman–Crippen LogP) is 2.87. The molecule has 0 aliphatic rings. The Bertz CT molecular complexity index is 562. The fraction of sp³-hybridized carbons (Fsp3) is 0.438. The molecular formula is C16H20ClNO4S. The number of benzene rings is 1. The van der Waals surface area contributed by atoms with Crippen molar-refractivity contribution in [3.63, 3.8) is 0 Å². The van der Waals surface area contributed by atoms with E-state index in [4.69, 9.17) is 16.7 Å². The maximum absolute atomic E-state index is 11.9. The highest BCUT2D eigenvalue weighted by atomic mass is 35.5. The molecule has 7 heteroatoms. The van der Waals surface area contributed by atoms with E-state index >= 15 is 0 Å². The van der Waals surface area contributed by atoms with Crippen LogP contribution in [0, 0.1) is 5.92 Å². The fourth-order valence-electron chi connectivity index (χ4n) is 1.85. The number of halogens is 1. The topological polar surface area (TPSA) is 83.5 Å². The molecule has 1 aromatic rings. The number of thioether (sulfide) groups is 1. The third-order valence-electron chi connectivity index (χ3n) is 3.43. The SMILES string of the molecule is CC[C@H](C)[C@H](NC(=O)CSCC(=O)c1ccc(Cl)cc1)C(=O)O. The van der Waals surface area contributed by atoms with E-state index in [1.165, 1.54) is 0 Å². The van der Waals surface area contributed by atoms with Crippen molar-refractivity contribution in [1.29, 1.82) is 0 Å². The molecule has 1 amide bonds. The number of rotatable bonds is 9. The molecule has 23 heavy (non-hydrogen) atoms. The van der Waals surface area contributed by atoms with Crippen LogP contribution in [0.2, 0.25) is 5.02 Å². The predicted molar refractivity (Wildman–Crippen MR) is 92.1 cm³/mol. The lowest BCUT2D eigenvalue weighted by molar-refractivity contribution is -0.143. The van der Waals surface area contributed by atoms with Gasteiger partial charge in [-0.2, -0.15) is 0 Å². The molecule has 0 spiro atoms. The van der Waals surface area contributed by atoms with Gasteiger partial charge in [0, 0.05) is 10.6 Å². The van der Waals surface area contributed by atoms with E-state index in [2.05, 4.69) is 5.32 Å². The van der Waals surface area contributed by atoms with Crippen LogP contribution in [-0.2, 0) is 9.59 Å². The summed E-state index contributed by atoms with van der Waals surface area (Å²) >= 11 is 6.91. The zero-order chi connectivity index (χ0) is 17.4. The molecular weight excluding hydrogens is 338 g/mol. The van der Waals surface area contributed by atoms with Crippen LogP contribution in [0.5, 0.6) is 0 Å². The van der Waals surface area contributed by atoms with Crippen molar-refractivity contribution in [2.24, 2.45) is 5.92 Å². The smallest absolute Gasteiger partial charge is 0.326 e. The van der Waals surface area contributed by atoms with E-state index in [0.717, 1.165) is 11.8 Å². The summed E-state index contributed by atoms with van der Waals surface area (Å²) in [4.78, 5) is 34.9. The Kier molecular flexibility index (Phi) is 8.12. The van der Waals surface area contributed by atoms with Crippen LogP contribution in [0.4, 0.5) is 0 Å². The van der Waals surface area contributed by atoms with Gasteiger partial charge in [0.2, 0.25) is 5.91 Å². The number of hydrogen-bond donors (Lipinski definition) is 2. The van der Waals surface area contributed by atoms with E-state index in [9.17, 15) is 14.4 Å². The number of amides is 1. The van der Waals surface area contributed by atoms with Crippen LogP contribution in [-0.4, -0.2) is 40.3 Å². The maximum atomic E-state index is 11.9. The third-order valence-corrected chi connectivity index (χ3v) is 4.61. The largest absolute Gasteiger partial charge is 0.480 e. The number of carboxylic acids is 1. The molecule has 0 heterocycles. The molecule has 1 rings (SSSR count). The van der Waals surface area contributed by atoms with Crippen molar-refractivity contribution in [2.45, 2.75) is 26.3 Å². The highest BCUT2D eigenvalue weighted by molar-refractivity contribution is 8.00. The minimum absolute atomic E-state index is 0.0412. The molecule has 0 saturated carbocycles. The van der Waals surface area contributed by atoms with Gasteiger partial charge in [-0.15, -0.1) is 11.8 Å². The summed E-state index contributed by atoms with van der Waals surface area (Å²) in [6, 6.07) is 5.63. The van der Waals surface area contributed by atoms with Gasteiger partial charge < -0.3 is 10.4 Å². The molecule has 2 N–H and O–H groups in total. The van der Waals surface area contributed by atoms with Crippen LogP contribution in [0.25, 0.3) is 0 Å². The average molecular weight is 358 g/mol. The van der Waals surface area contributed by atoms with Gasteiger partial charge >= 0.3 is 5.97 Å². The second-order valence-electron chi connectivity index (χ2n) is 5.19. The maximum Gasteiger partial charge on any atom is 0.326 e. The van der Waals surface area contributed by atoms with Gasteiger partial charge in [-0.1, -0.05) is 31.9 Å². The van der Waals surface area contributed by atoms with E-state index in [1.54, 1.807) is 31.2 Å². The molecule has 0 unspecified atom stereocenters. The number of carbonyl (C=O) groups is 3. The van der Waals surface area contributed by atoms with Gasteiger partial charge in [0.05, 0.1) is 11.5 Å². The normalized spacial score (nSPS) is 13.2. The van der Waals surface area contributed by atoms with Crippen molar-refractivity contribution in [1.82, 2.24) is 5.32 Å². The Labute approximate surface area is 144 Å². The van der Waals surface area contributed by atoms with Gasteiger partial charge in [-0.25, -0.2) is 4.79 Å². The number of carbonyl (C=O) groups excluding carboxylic acids is 2. The fourth-order valence-corrected chi connectivity index (χ4v) is 2.70. The van der Waals surface area contributed by atoms with Crippen molar-refractivity contribution >= 4 is 41.0 Å². The Hall–Kier alpha value is -1.53. The Morgan fingerprint density at radius 3 is 2.35 bits per heavy atom. The van der Waals surface area contributed by atoms with Gasteiger partial charge in [-0.3, -0.25) is 9.59 Å². The van der Waals surface area contributed by atoms with Gasteiger partial charge in [0.15, 0.2) is 5.78 Å². The zero-order valence-corrected chi connectivity index (χ0v) is 14.6. The van der Waals surface area contributed by atoms with E-state index in [0.29, 0.717) is 17.0 Å². The molecule has 0 aliphatic heterocycles. The molecule has 126 valence electrons. The van der Waals surface area contributed by atoms with Crippen molar-refractivity contribution in [3.8, 4) is 0 Å². The van der Waals surface area contributed by atoms with Crippen LogP contribution >= 0.6 is 23.4 Å². The quantitative estimate of drug-likeness (QED) is 0.664. The van der Waals surface area contributed by atoms with Crippen molar-refractivity contribution in [2.75, 3.05) is 11.5 Å². The van der Waals surface area contributed by atoms with Crippen molar-refractivity contribution < 1.29 is 19.5 Å². The molecule has 0 saturated heterocycles. The van der Waals surface area contributed by atoms with Gasteiger partial charge in [-0.05, 0) is 30.2 Å². The van der Waals surface area contributed by atoms with E-state index in [-0.39, 0.29) is 29.1 Å². The molecule has 1 aromatic carbocycles. The zero-order valence-electron chi connectivity index (χ0n) is 13.0. The third kappa shape index (κ3) is 6.62. The first kappa shape index (κ1) is 19.5. The Morgan fingerprint density at radius 1 is 1.22 bits per heavy atom. The summed E-state index contributed by atoms with van der Waals surface area (Å²) in [5.41, 5.74) is 0.533. The lowest BCUT2D eigenvalue weighted by Gasteiger charge is -2.19. The van der Waals surface area contributed by atoms with Crippen LogP contribution in [0.15, 0.2) is 24.3 Å². The minimum Gasteiger partial charge on any atom is -0.480 e. The number of hydrogen-bond acceptors (Lipinski definition) is 4. The van der Waals surface area contributed by atoms with Crippen LogP contribution < -0.4 is 5.32 Å². The summed E-state index contributed by atoms with van der Waals surface area (Å²) in [7, 11) is 0. The van der Waals surface area contributed by atoms with Crippen LogP contribution in [0.3, 0.4) is 0 Å². The summed E-state index contributed by atoms with van der Waals surface area (Å²) in [5, 5.41) is 12.2. The first-order valence-electron chi connectivity index (χ1n) is 7.23. The molecule has 0 bridgehead atoms. The monoisotopic (exact) mass is 357 g/mol. The first-order valence-corrected chi connectivity index (χ1v) is 8.77. The number of ketones is 1. The van der Waals surface area contributed by atoms with E-state index in [1.807, 2.05) is 6.92 Å². The number of carboxylic acid groups (broad SMARTS) is 1. The lowest BCUT2D eigenvalue weighted by atomic mass is 9.99. The highest BCUT2D eigenvalue weighted by Crippen LogP contribution is 2.13. The second kappa shape index (κ2) is 9.57. The highest BCUT2D eigenvalue weighted by Gasteiger charge is 2.25. The summed E-state index contributed by atoms with van der Waals surface area (Å²) in [6.45, 7) is 3.64. The minimum atomic E-state index is -1.05. The Morgan fingerprint density at radius 2 is 1.83 bits per heavy atom. The second-order valence-corrected chi connectivity index (χ2v) is 6.61. The Balaban J connectivity index is 2.42. The summed E-state index contributed by atoms with van der Waals surface area (Å²) in [6.07, 6.45) is 0.652. The van der Waals surface area contributed by atoms with Gasteiger partial charge in [0.1, 0.15) is 6.04 Å². The van der Waals surface area contributed by atoms with Crippen LogP contribution in [0.1, 0.15) is 30.6 Å². The van der Waals surface area contributed by atoms with Gasteiger partial charge in [0.25, 0.3) is 0 Å². The standard InChI is InChI=1S/C16H20ClNO4S/c1-3-10(2)15(16(21)22)18-14(20)9-23-8-13(19)11-4-6-12(17)7-5-11/h4-7,10,15H,3,8-9H2,1-2H3,(H,18,20)(H,21,22)/t10-,15-/m0/s1. The number of nitrogens with one attached hydrogen (secondary N) is 1. The lowest BCUT2D eigenvalue weighted by Crippen LogP contribution is -2.45. The first-order chi connectivity index (χ1) is 10.8. The average Bonchev–Trinajstić information content (AvgIpc) is 2.52.